The van der Waals surface area contributed by atoms with Gasteiger partial charge in [0, 0.05) is 18.5 Å². The Balaban J connectivity index is 1.35. The molecule has 1 N–H and O–H groups in total. The van der Waals surface area contributed by atoms with Gasteiger partial charge in [-0.3, -0.25) is 14.4 Å². The van der Waals surface area contributed by atoms with Crippen molar-refractivity contribution in [2.45, 2.75) is 25.8 Å². The topological polar surface area (TPSA) is 84.9 Å². The highest BCUT2D eigenvalue weighted by molar-refractivity contribution is 6.02. The van der Waals surface area contributed by atoms with Crippen LogP contribution in [-0.2, 0) is 9.59 Å². The van der Waals surface area contributed by atoms with E-state index in [1.807, 2.05) is 55.5 Å². The number of ketones is 1. The summed E-state index contributed by atoms with van der Waals surface area (Å²) >= 11 is 0. The van der Waals surface area contributed by atoms with Crippen LogP contribution in [-0.4, -0.2) is 37.4 Å². The molecule has 3 aromatic carbocycles. The lowest BCUT2D eigenvalue weighted by Gasteiger charge is -2.29. The van der Waals surface area contributed by atoms with Crippen LogP contribution in [0, 0.1) is 0 Å². The van der Waals surface area contributed by atoms with Crippen molar-refractivity contribution in [3.63, 3.8) is 0 Å². The lowest BCUT2D eigenvalue weighted by atomic mass is 10.1. The molecule has 2 amide bonds. The number of hydrogen-bond donors (Lipinski definition) is 1. The molecule has 7 heteroatoms. The maximum atomic E-state index is 12.7. The van der Waals surface area contributed by atoms with Crippen LogP contribution in [0.15, 0.2) is 78.9 Å². The lowest BCUT2D eigenvalue weighted by molar-refractivity contribution is -0.123. The highest BCUT2D eigenvalue weighted by Crippen LogP contribution is 2.33. The first kappa shape index (κ1) is 24.0. The molecule has 4 rings (SSSR count). The molecular formula is C28H28N2O5. The molecule has 0 fully saturated rings. The van der Waals surface area contributed by atoms with Gasteiger partial charge < -0.3 is 19.7 Å². The fraction of sp³-hybridized carbons (Fsp3) is 0.250. The van der Waals surface area contributed by atoms with Crippen molar-refractivity contribution >= 4 is 23.3 Å². The molecule has 1 aliphatic rings. The minimum atomic E-state index is -0.208. The fourth-order valence-corrected chi connectivity index (χ4v) is 3.91. The Morgan fingerprint density at radius 3 is 2.49 bits per heavy atom. The van der Waals surface area contributed by atoms with E-state index in [1.54, 1.807) is 35.2 Å². The number of para-hydroxylation sites is 1. The second kappa shape index (κ2) is 11.3. The quantitative estimate of drug-likeness (QED) is 0.444. The maximum Gasteiger partial charge on any atom is 0.265 e. The summed E-state index contributed by atoms with van der Waals surface area (Å²) in [6.45, 7) is 2.10. The average molecular weight is 473 g/mol. The van der Waals surface area contributed by atoms with Crippen molar-refractivity contribution in [3.8, 4) is 11.5 Å². The maximum absolute atomic E-state index is 12.7. The van der Waals surface area contributed by atoms with Gasteiger partial charge in [0.05, 0.1) is 11.7 Å². The predicted octanol–water partition coefficient (Wildman–Crippen LogP) is 4.33. The van der Waals surface area contributed by atoms with Gasteiger partial charge in [0.2, 0.25) is 5.91 Å². The van der Waals surface area contributed by atoms with E-state index in [9.17, 15) is 14.4 Å². The summed E-state index contributed by atoms with van der Waals surface area (Å²) in [7, 11) is 0. The molecule has 7 nitrogen and oxygen atoms in total. The number of hydrogen-bond acceptors (Lipinski definition) is 5. The Labute approximate surface area is 204 Å². The van der Waals surface area contributed by atoms with Gasteiger partial charge in [0.1, 0.15) is 11.5 Å². The van der Waals surface area contributed by atoms with Gasteiger partial charge in [-0.25, -0.2) is 0 Å². The van der Waals surface area contributed by atoms with Gasteiger partial charge >= 0.3 is 0 Å². The Morgan fingerprint density at radius 1 is 1.03 bits per heavy atom. The third-order valence-corrected chi connectivity index (χ3v) is 5.80. The SMILES string of the molecule is C[C@@H](NC(=O)CCCN1C(=O)COc2ccc(C(=O)COc3ccccc3)cc21)c1ccccc1. The second-order valence-electron chi connectivity index (χ2n) is 8.34. The molecule has 3 aromatic rings. The molecule has 0 spiro atoms. The molecular weight excluding hydrogens is 444 g/mol. The van der Waals surface area contributed by atoms with Crippen LogP contribution in [0.4, 0.5) is 5.69 Å². The van der Waals surface area contributed by atoms with Crippen molar-refractivity contribution in [2.75, 3.05) is 24.7 Å². The number of ether oxygens (including phenoxy) is 2. The summed E-state index contributed by atoms with van der Waals surface area (Å²) in [5.74, 6) is 0.653. The zero-order valence-electron chi connectivity index (χ0n) is 19.6. The first-order chi connectivity index (χ1) is 17.0. The number of rotatable bonds is 10. The number of amides is 2. The zero-order valence-corrected chi connectivity index (χ0v) is 19.6. The van der Waals surface area contributed by atoms with E-state index in [0.29, 0.717) is 35.7 Å². The summed E-state index contributed by atoms with van der Waals surface area (Å²) in [6, 6.07) is 23.8. The van der Waals surface area contributed by atoms with E-state index >= 15 is 0 Å². The van der Waals surface area contributed by atoms with E-state index < -0.39 is 0 Å². The predicted molar refractivity (Wildman–Crippen MR) is 133 cm³/mol. The van der Waals surface area contributed by atoms with Gasteiger partial charge in [-0.15, -0.1) is 0 Å². The Hall–Kier alpha value is -4.13. The van der Waals surface area contributed by atoms with Crippen molar-refractivity contribution < 1.29 is 23.9 Å². The molecule has 0 unspecified atom stereocenters. The van der Waals surface area contributed by atoms with Gasteiger partial charge in [-0.2, -0.15) is 0 Å². The van der Waals surface area contributed by atoms with E-state index in [0.717, 1.165) is 5.56 Å². The third-order valence-electron chi connectivity index (χ3n) is 5.80. The van der Waals surface area contributed by atoms with Gasteiger partial charge in [0.15, 0.2) is 19.0 Å². The summed E-state index contributed by atoms with van der Waals surface area (Å²) < 4.78 is 11.1. The molecule has 0 bridgehead atoms. The molecule has 35 heavy (non-hydrogen) atoms. The highest BCUT2D eigenvalue weighted by Gasteiger charge is 2.26. The summed E-state index contributed by atoms with van der Waals surface area (Å²) in [6.07, 6.45) is 0.758. The monoisotopic (exact) mass is 472 g/mol. The largest absolute Gasteiger partial charge is 0.485 e. The number of carbonyl (C=O) groups is 3. The molecule has 0 aromatic heterocycles. The number of fused-ring (bicyclic) bond motifs is 1. The number of carbonyl (C=O) groups excluding carboxylic acids is 3. The van der Waals surface area contributed by atoms with Crippen LogP contribution in [0.1, 0.15) is 41.7 Å². The first-order valence-electron chi connectivity index (χ1n) is 11.6. The van der Waals surface area contributed by atoms with Crippen LogP contribution in [0.25, 0.3) is 0 Å². The molecule has 0 saturated carbocycles. The molecule has 0 aliphatic carbocycles. The lowest BCUT2D eigenvalue weighted by Crippen LogP contribution is -2.40. The smallest absolute Gasteiger partial charge is 0.265 e. The Bertz CT molecular complexity index is 1180. The van der Waals surface area contributed by atoms with Crippen LogP contribution < -0.4 is 19.7 Å². The molecule has 1 aliphatic heterocycles. The van der Waals surface area contributed by atoms with Crippen LogP contribution >= 0.6 is 0 Å². The number of anilines is 1. The normalized spacial score (nSPS) is 13.4. The third kappa shape index (κ3) is 6.26. The van der Waals surface area contributed by atoms with Crippen molar-refractivity contribution in [1.29, 1.82) is 0 Å². The van der Waals surface area contributed by atoms with Crippen LogP contribution in [0.3, 0.4) is 0 Å². The van der Waals surface area contributed by atoms with Crippen molar-refractivity contribution in [1.82, 2.24) is 5.32 Å². The number of benzene rings is 3. The van der Waals surface area contributed by atoms with E-state index in [1.165, 1.54) is 0 Å². The zero-order chi connectivity index (χ0) is 24.6. The van der Waals surface area contributed by atoms with Crippen LogP contribution in [0.2, 0.25) is 0 Å². The van der Waals surface area contributed by atoms with Crippen molar-refractivity contribution in [2.24, 2.45) is 0 Å². The Kier molecular flexibility index (Phi) is 7.77. The fourth-order valence-electron chi connectivity index (χ4n) is 3.91. The summed E-state index contributed by atoms with van der Waals surface area (Å²) in [4.78, 5) is 39.3. The Morgan fingerprint density at radius 2 is 1.74 bits per heavy atom. The molecule has 180 valence electrons. The highest BCUT2D eigenvalue weighted by atomic mass is 16.5. The second-order valence-corrected chi connectivity index (χ2v) is 8.34. The molecule has 1 heterocycles. The van der Waals surface area contributed by atoms with Gasteiger partial charge in [-0.1, -0.05) is 48.5 Å². The van der Waals surface area contributed by atoms with Crippen LogP contribution in [0.5, 0.6) is 11.5 Å². The molecule has 1 atom stereocenters. The first-order valence-corrected chi connectivity index (χ1v) is 11.6. The van der Waals surface area contributed by atoms with E-state index in [4.69, 9.17) is 9.47 Å². The van der Waals surface area contributed by atoms with E-state index in [-0.39, 0.29) is 43.3 Å². The minimum absolute atomic E-state index is 0.0748. The summed E-state index contributed by atoms with van der Waals surface area (Å²) in [5.41, 5.74) is 1.99. The number of nitrogens with zero attached hydrogens (tertiary/aromatic N) is 1. The van der Waals surface area contributed by atoms with Gasteiger partial charge in [-0.05, 0) is 49.2 Å². The summed E-state index contributed by atoms with van der Waals surface area (Å²) in [5, 5.41) is 2.99. The number of Topliss-reactive ketones (excluding diaryl/α,β-unsaturated/α-hetero) is 1. The van der Waals surface area contributed by atoms with Gasteiger partial charge in [0.25, 0.3) is 5.91 Å². The minimum Gasteiger partial charge on any atom is -0.485 e. The number of nitrogens with one attached hydrogen (secondary N) is 1. The molecule has 0 radical (unpaired) electrons. The standard InChI is InChI=1S/C28H28N2O5/c1-20(21-9-4-2-5-10-21)29-27(32)13-8-16-30-24-17-22(14-15-26(24)35-19-28(30)33)25(31)18-34-23-11-6-3-7-12-23/h2-7,9-12,14-15,17,20H,8,13,16,18-19H2,1H3,(H,29,32)/t20-/m1/s1. The molecule has 0 saturated heterocycles. The van der Waals surface area contributed by atoms with Crippen molar-refractivity contribution in [3.05, 3.63) is 90.0 Å². The average Bonchev–Trinajstić information content (AvgIpc) is 2.89. The van der Waals surface area contributed by atoms with E-state index in [2.05, 4.69) is 5.32 Å².